The number of nitrogens with zero attached hydrogens (tertiary/aromatic N) is 1. The van der Waals surface area contributed by atoms with E-state index in [9.17, 15) is 18.0 Å². The summed E-state index contributed by atoms with van der Waals surface area (Å²) < 4.78 is 37.7. The average molecular weight is 377 g/mol. The summed E-state index contributed by atoms with van der Waals surface area (Å²) in [6.07, 6.45) is -2.94. The highest BCUT2D eigenvalue weighted by Gasteiger charge is 2.29. The molecule has 3 aromatic rings. The third kappa shape index (κ3) is 4.60. The fourth-order valence-corrected chi connectivity index (χ4v) is 2.92. The zero-order valence-electron chi connectivity index (χ0n) is 13.4. The van der Waals surface area contributed by atoms with Crippen molar-refractivity contribution in [3.63, 3.8) is 0 Å². The molecule has 26 heavy (non-hydrogen) atoms. The molecular weight excluding hydrogens is 363 g/mol. The Morgan fingerprint density at radius 3 is 2.38 bits per heavy atom. The first kappa shape index (κ1) is 17.9. The van der Waals surface area contributed by atoms with E-state index >= 15 is 0 Å². The van der Waals surface area contributed by atoms with Gasteiger partial charge in [-0.25, -0.2) is 4.98 Å². The molecule has 1 amide bonds. The molecule has 2 N–H and O–H groups in total. The number of aromatic nitrogens is 1. The van der Waals surface area contributed by atoms with Gasteiger partial charge in [-0.05, 0) is 29.8 Å². The highest BCUT2D eigenvalue weighted by Crippen LogP contribution is 2.30. The third-order valence-electron chi connectivity index (χ3n) is 3.49. The number of hydrogen-bond acceptors (Lipinski definition) is 4. The van der Waals surface area contributed by atoms with Gasteiger partial charge in [-0.1, -0.05) is 41.7 Å². The van der Waals surface area contributed by atoms with E-state index in [1.54, 1.807) is 0 Å². The van der Waals surface area contributed by atoms with Crippen LogP contribution in [0.4, 0.5) is 24.0 Å². The second-order valence-corrected chi connectivity index (χ2v) is 6.43. The number of hydrogen-bond donors (Lipinski definition) is 2. The third-order valence-corrected chi connectivity index (χ3v) is 4.40. The van der Waals surface area contributed by atoms with Crippen LogP contribution in [0.5, 0.6) is 0 Å². The lowest BCUT2D eigenvalue weighted by atomic mass is 10.2. The SMILES string of the molecule is O=C(NCc1ccccc1)c1cnc(Nc2ccc(C(F)(F)F)cc2)s1. The fraction of sp³-hybridized carbons (Fsp3) is 0.111. The minimum Gasteiger partial charge on any atom is -0.347 e. The summed E-state index contributed by atoms with van der Waals surface area (Å²) in [4.78, 5) is 16.6. The van der Waals surface area contributed by atoms with Gasteiger partial charge in [0.2, 0.25) is 0 Å². The predicted molar refractivity (Wildman–Crippen MR) is 94.5 cm³/mol. The number of halogens is 3. The first-order valence-corrected chi connectivity index (χ1v) is 8.46. The number of alkyl halides is 3. The van der Waals surface area contributed by atoms with E-state index in [2.05, 4.69) is 15.6 Å². The lowest BCUT2D eigenvalue weighted by Gasteiger charge is -2.07. The number of carbonyl (C=O) groups is 1. The Balaban J connectivity index is 1.60. The molecule has 8 heteroatoms. The van der Waals surface area contributed by atoms with E-state index in [0.29, 0.717) is 22.2 Å². The summed E-state index contributed by atoms with van der Waals surface area (Å²) in [7, 11) is 0. The molecule has 3 rings (SSSR count). The van der Waals surface area contributed by atoms with E-state index in [0.717, 1.165) is 29.0 Å². The molecule has 134 valence electrons. The summed E-state index contributed by atoms with van der Waals surface area (Å²) >= 11 is 1.12. The topological polar surface area (TPSA) is 54.0 Å². The number of carbonyl (C=O) groups excluding carboxylic acids is 1. The van der Waals surface area contributed by atoms with Crippen LogP contribution in [0, 0.1) is 0 Å². The van der Waals surface area contributed by atoms with Gasteiger partial charge in [-0.15, -0.1) is 0 Å². The van der Waals surface area contributed by atoms with Crippen molar-refractivity contribution < 1.29 is 18.0 Å². The van der Waals surface area contributed by atoms with Crippen molar-refractivity contribution in [3.05, 3.63) is 76.8 Å². The van der Waals surface area contributed by atoms with Crippen LogP contribution in [0.3, 0.4) is 0 Å². The molecule has 4 nitrogen and oxygen atoms in total. The first-order chi connectivity index (χ1) is 12.4. The van der Waals surface area contributed by atoms with E-state index in [4.69, 9.17) is 0 Å². The Morgan fingerprint density at radius 1 is 1.04 bits per heavy atom. The molecule has 0 aliphatic heterocycles. The van der Waals surface area contributed by atoms with Gasteiger partial charge >= 0.3 is 6.18 Å². The van der Waals surface area contributed by atoms with Gasteiger partial charge in [-0.2, -0.15) is 13.2 Å². The molecule has 2 aromatic carbocycles. The monoisotopic (exact) mass is 377 g/mol. The van der Waals surface area contributed by atoms with Crippen LogP contribution < -0.4 is 10.6 Å². The molecule has 1 aromatic heterocycles. The van der Waals surface area contributed by atoms with Crippen LogP contribution >= 0.6 is 11.3 Å². The zero-order valence-corrected chi connectivity index (χ0v) is 14.2. The van der Waals surface area contributed by atoms with Gasteiger partial charge < -0.3 is 10.6 Å². The van der Waals surface area contributed by atoms with Gasteiger partial charge in [-0.3, -0.25) is 4.79 Å². The Kier molecular flexibility index (Phi) is 5.22. The van der Waals surface area contributed by atoms with Gasteiger partial charge in [0.25, 0.3) is 5.91 Å². The van der Waals surface area contributed by atoms with Gasteiger partial charge in [0, 0.05) is 12.2 Å². The van der Waals surface area contributed by atoms with E-state index < -0.39 is 11.7 Å². The Labute approximate surface area is 151 Å². The van der Waals surface area contributed by atoms with Crippen LogP contribution in [0.1, 0.15) is 20.8 Å². The minimum atomic E-state index is -4.37. The quantitative estimate of drug-likeness (QED) is 0.669. The normalized spacial score (nSPS) is 11.2. The summed E-state index contributed by atoms with van der Waals surface area (Å²) in [5.74, 6) is -0.258. The molecule has 0 fully saturated rings. The van der Waals surface area contributed by atoms with Crippen LogP contribution in [0.25, 0.3) is 0 Å². The highest BCUT2D eigenvalue weighted by atomic mass is 32.1. The highest BCUT2D eigenvalue weighted by molar-refractivity contribution is 7.17. The standard InChI is InChI=1S/C18H14F3N3OS/c19-18(20,21)13-6-8-14(9-7-13)24-17-23-11-15(26-17)16(25)22-10-12-4-2-1-3-5-12/h1-9,11H,10H2,(H,22,25)(H,23,24). The summed E-state index contributed by atoms with van der Waals surface area (Å²) in [5.41, 5.74) is 0.722. The van der Waals surface area contributed by atoms with Crippen molar-refractivity contribution >= 4 is 28.1 Å². The minimum absolute atomic E-state index is 0.258. The van der Waals surface area contributed by atoms with Crippen molar-refractivity contribution in [3.8, 4) is 0 Å². The van der Waals surface area contributed by atoms with E-state index in [1.807, 2.05) is 30.3 Å². The number of benzene rings is 2. The van der Waals surface area contributed by atoms with Gasteiger partial charge in [0.1, 0.15) is 4.88 Å². The summed E-state index contributed by atoms with van der Waals surface area (Å²) in [6.45, 7) is 0.402. The molecule has 0 atom stereocenters. The lowest BCUT2D eigenvalue weighted by molar-refractivity contribution is -0.137. The Bertz CT molecular complexity index is 877. The number of nitrogens with one attached hydrogen (secondary N) is 2. The van der Waals surface area contributed by atoms with Crippen molar-refractivity contribution in [2.24, 2.45) is 0 Å². The van der Waals surface area contributed by atoms with Gasteiger partial charge in [0.05, 0.1) is 11.8 Å². The fourth-order valence-electron chi connectivity index (χ4n) is 2.17. The molecule has 0 aliphatic rings. The molecule has 0 radical (unpaired) electrons. The van der Waals surface area contributed by atoms with Crippen LogP contribution in [-0.4, -0.2) is 10.9 Å². The molecular formula is C18H14F3N3OS. The average Bonchev–Trinajstić information content (AvgIpc) is 3.09. The largest absolute Gasteiger partial charge is 0.416 e. The molecule has 0 spiro atoms. The summed E-state index contributed by atoms with van der Waals surface area (Å²) in [6, 6.07) is 14.1. The zero-order chi connectivity index (χ0) is 18.6. The molecule has 0 unspecified atom stereocenters. The van der Waals surface area contributed by atoms with Gasteiger partial charge in [0.15, 0.2) is 5.13 Å². The maximum Gasteiger partial charge on any atom is 0.416 e. The summed E-state index contributed by atoms with van der Waals surface area (Å²) in [5, 5.41) is 6.11. The molecule has 0 saturated heterocycles. The van der Waals surface area contributed by atoms with E-state index in [-0.39, 0.29) is 5.91 Å². The molecule has 0 saturated carbocycles. The van der Waals surface area contributed by atoms with E-state index in [1.165, 1.54) is 18.3 Å². The van der Waals surface area contributed by atoms with Crippen LogP contribution in [-0.2, 0) is 12.7 Å². The number of rotatable bonds is 5. The maximum atomic E-state index is 12.6. The Hall–Kier alpha value is -2.87. The van der Waals surface area contributed by atoms with Crippen molar-refractivity contribution in [1.82, 2.24) is 10.3 Å². The van der Waals surface area contributed by atoms with Crippen molar-refractivity contribution in [2.75, 3.05) is 5.32 Å². The second kappa shape index (κ2) is 7.57. The molecule has 0 bridgehead atoms. The number of amides is 1. The van der Waals surface area contributed by atoms with Crippen LogP contribution in [0.2, 0.25) is 0 Å². The molecule has 0 aliphatic carbocycles. The van der Waals surface area contributed by atoms with Crippen molar-refractivity contribution in [1.29, 1.82) is 0 Å². The second-order valence-electron chi connectivity index (χ2n) is 5.40. The predicted octanol–water partition coefficient (Wildman–Crippen LogP) is 4.84. The Morgan fingerprint density at radius 2 is 1.73 bits per heavy atom. The first-order valence-electron chi connectivity index (χ1n) is 7.64. The maximum absolute atomic E-state index is 12.6. The number of thiazole rings is 1. The number of anilines is 2. The lowest BCUT2D eigenvalue weighted by Crippen LogP contribution is -2.21. The molecule has 1 heterocycles. The smallest absolute Gasteiger partial charge is 0.347 e. The van der Waals surface area contributed by atoms with Crippen molar-refractivity contribution in [2.45, 2.75) is 12.7 Å². The van der Waals surface area contributed by atoms with Crippen LogP contribution in [0.15, 0.2) is 60.8 Å².